The van der Waals surface area contributed by atoms with Crippen molar-refractivity contribution in [3.8, 4) is 0 Å². The van der Waals surface area contributed by atoms with E-state index in [0.29, 0.717) is 15.8 Å². The van der Waals surface area contributed by atoms with Crippen LogP contribution in [0.25, 0.3) is 0 Å². The van der Waals surface area contributed by atoms with Gasteiger partial charge in [-0.05, 0) is 79.1 Å². The van der Waals surface area contributed by atoms with Gasteiger partial charge in [-0.25, -0.2) is 8.42 Å². The van der Waals surface area contributed by atoms with Gasteiger partial charge < -0.3 is 5.32 Å². The second-order valence-corrected chi connectivity index (χ2v) is 10.9. The normalized spacial score (nSPS) is 11.1. The summed E-state index contributed by atoms with van der Waals surface area (Å²) in [6.07, 6.45) is 4.26. The van der Waals surface area contributed by atoms with Crippen molar-refractivity contribution in [1.29, 1.82) is 0 Å². The third-order valence-corrected chi connectivity index (χ3v) is 7.67. The summed E-state index contributed by atoms with van der Waals surface area (Å²) in [6.45, 7) is 1.52. The largest absolute Gasteiger partial charge is 0.325 e. The Bertz CT molecular complexity index is 1410. The van der Waals surface area contributed by atoms with Crippen LogP contribution in [0.1, 0.15) is 16.7 Å². The first kappa shape index (κ1) is 24.6. The van der Waals surface area contributed by atoms with E-state index in [1.54, 1.807) is 60.9 Å². The molecule has 0 atom stereocenters. The van der Waals surface area contributed by atoms with Crippen LogP contribution >= 0.6 is 15.9 Å². The van der Waals surface area contributed by atoms with Crippen LogP contribution in [-0.2, 0) is 21.2 Å². The molecule has 4 rings (SSSR count). The van der Waals surface area contributed by atoms with E-state index >= 15 is 0 Å². The highest BCUT2D eigenvalue weighted by Gasteiger charge is 2.27. The molecule has 0 saturated heterocycles. The van der Waals surface area contributed by atoms with E-state index in [1.807, 2.05) is 43.3 Å². The molecule has 0 saturated carbocycles. The van der Waals surface area contributed by atoms with Crippen molar-refractivity contribution >= 4 is 43.2 Å². The summed E-state index contributed by atoms with van der Waals surface area (Å²) in [5.74, 6) is -0.442. The van der Waals surface area contributed by atoms with Gasteiger partial charge in [0.25, 0.3) is 10.0 Å². The van der Waals surface area contributed by atoms with E-state index in [1.165, 1.54) is 0 Å². The van der Waals surface area contributed by atoms with Crippen LogP contribution in [-0.4, -0.2) is 25.9 Å². The van der Waals surface area contributed by atoms with Gasteiger partial charge in [0, 0.05) is 22.6 Å². The van der Waals surface area contributed by atoms with E-state index in [4.69, 9.17) is 0 Å². The van der Waals surface area contributed by atoms with Crippen LogP contribution in [0.3, 0.4) is 0 Å². The van der Waals surface area contributed by atoms with Crippen molar-refractivity contribution in [3.05, 3.63) is 118 Å². The lowest BCUT2D eigenvalue weighted by Gasteiger charge is -2.24. The maximum Gasteiger partial charge on any atom is 0.264 e. The molecule has 35 heavy (non-hydrogen) atoms. The average molecular weight is 550 g/mol. The zero-order valence-electron chi connectivity index (χ0n) is 19.1. The van der Waals surface area contributed by atoms with Crippen molar-refractivity contribution in [2.75, 3.05) is 16.2 Å². The summed E-state index contributed by atoms with van der Waals surface area (Å²) >= 11 is 3.39. The van der Waals surface area contributed by atoms with Crippen LogP contribution in [0.15, 0.2) is 107 Å². The minimum atomic E-state index is -3.97. The molecule has 0 aliphatic carbocycles. The first-order valence-corrected chi connectivity index (χ1v) is 13.2. The summed E-state index contributed by atoms with van der Waals surface area (Å²) in [4.78, 5) is 17.1. The number of amides is 1. The lowest BCUT2D eigenvalue weighted by Crippen LogP contribution is -2.38. The van der Waals surface area contributed by atoms with Gasteiger partial charge in [-0.3, -0.25) is 14.1 Å². The molecule has 0 unspecified atom stereocenters. The Morgan fingerprint density at radius 3 is 2.23 bits per heavy atom. The quantitative estimate of drug-likeness (QED) is 0.311. The fourth-order valence-electron chi connectivity index (χ4n) is 3.56. The van der Waals surface area contributed by atoms with E-state index in [2.05, 4.69) is 26.2 Å². The Balaban J connectivity index is 1.53. The fraction of sp³-hybridized carbons (Fsp3) is 0.111. The second kappa shape index (κ2) is 10.8. The van der Waals surface area contributed by atoms with Gasteiger partial charge in [0.15, 0.2) is 0 Å². The summed E-state index contributed by atoms with van der Waals surface area (Å²) in [5.41, 5.74) is 4.16. The third kappa shape index (κ3) is 6.35. The average Bonchev–Trinajstić information content (AvgIpc) is 2.84. The van der Waals surface area contributed by atoms with Crippen molar-refractivity contribution in [2.45, 2.75) is 18.2 Å². The predicted molar refractivity (Wildman–Crippen MR) is 142 cm³/mol. The molecule has 178 valence electrons. The van der Waals surface area contributed by atoms with Crippen LogP contribution in [0.2, 0.25) is 0 Å². The molecule has 0 fully saturated rings. The van der Waals surface area contributed by atoms with Crippen LogP contribution in [0.4, 0.5) is 11.4 Å². The number of rotatable bonds is 8. The van der Waals surface area contributed by atoms with Crippen molar-refractivity contribution in [1.82, 2.24) is 4.98 Å². The van der Waals surface area contributed by atoms with Crippen molar-refractivity contribution in [3.63, 3.8) is 0 Å². The number of hydrogen-bond acceptors (Lipinski definition) is 4. The topological polar surface area (TPSA) is 79.4 Å². The van der Waals surface area contributed by atoms with Crippen molar-refractivity contribution < 1.29 is 13.2 Å². The number of hydrogen-bond donors (Lipinski definition) is 1. The molecule has 4 aromatic rings. The lowest BCUT2D eigenvalue weighted by molar-refractivity contribution is -0.114. The molecule has 1 aromatic heterocycles. The summed E-state index contributed by atoms with van der Waals surface area (Å²) in [5, 5.41) is 2.81. The van der Waals surface area contributed by atoms with E-state index < -0.39 is 15.9 Å². The van der Waals surface area contributed by atoms with Gasteiger partial charge in [-0.15, -0.1) is 0 Å². The number of aryl methyl sites for hydroxylation is 1. The smallest absolute Gasteiger partial charge is 0.264 e. The number of nitrogens with one attached hydrogen (secondary N) is 1. The minimum Gasteiger partial charge on any atom is -0.325 e. The fourth-order valence-corrected chi connectivity index (χ4v) is 5.36. The number of carbonyl (C=O) groups excluding carboxylic acids is 1. The molecule has 0 spiro atoms. The molecule has 1 heterocycles. The Kier molecular flexibility index (Phi) is 7.63. The van der Waals surface area contributed by atoms with Crippen LogP contribution < -0.4 is 9.62 Å². The number of sulfonamides is 1. The van der Waals surface area contributed by atoms with Gasteiger partial charge >= 0.3 is 0 Å². The zero-order chi connectivity index (χ0) is 24.8. The zero-order valence-corrected chi connectivity index (χ0v) is 21.5. The van der Waals surface area contributed by atoms with Crippen LogP contribution in [0, 0.1) is 6.92 Å². The number of anilines is 2. The molecule has 6 nitrogen and oxygen atoms in total. The number of benzene rings is 3. The highest BCUT2D eigenvalue weighted by molar-refractivity contribution is 9.10. The standard InChI is InChI=1S/C27H24BrN3O3S/c1-20-5-11-26(12-6-20)35(33,34)31(25-4-2-3-23(28)18-25)19-27(32)30-24-9-7-21(8-10-24)17-22-13-15-29-16-14-22/h2-16,18H,17,19H2,1H3,(H,30,32). The number of halogens is 1. The summed E-state index contributed by atoms with van der Waals surface area (Å²) in [6, 6.07) is 24.9. The molecule has 0 bridgehead atoms. The molecule has 0 aliphatic heterocycles. The van der Waals surface area contributed by atoms with E-state index in [-0.39, 0.29) is 11.4 Å². The molecule has 8 heteroatoms. The third-order valence-electron chi connectivity index (χ3n) is 5.39. The highest BCUT2D eigenvalue weighted by Crippen LogP contribution is 2.26. The first-order chi connectivity index (χ1) is 16.8. The lowest BCUT2D eigenvalue weighted by atomic mass is 10.1. The van der Waals surface area contributed by atoms with Crippen molar-refractivity contribution in [2.24, 2.45) is 0 Å². The second-order valence-electron chi connectivity index (χ2n) is 8.08. The van der Waals surface area contributed by atoms with E-state index in [0.717, 1.165) is 27.4 Å². The number of aromatic nitrogens is 1. The monoisotopic (exact) mass is 549 g/mol. The summed E-state index contributed by atoms with van der Waals surface area (Å²) in [7, 11) is -3.97. The molecule has 0 aliphatic rings. The number of pyridine rings is 1. The van der Waals surface area contributed by atoms with Gasteiger partial charge in [-0.2, -0.15) is 0 Å². The van der Waals surface area contributed by atoms with Crippen LogP contribution in [0.5, 0.6) is 0 Å². The maximum absolute atomic E-state index is 13.5. The van der Waals surface area contributed by atoms with Gasteiger partial charge in [0.2, 0.25) is 5.91 Å². The molecular formula is C27H24BrN3O3S. The first-order valence-electron chi connectivity index (χ1n) is 10.9. The highest BCUT2D eigenvalue weighted by atomic mass is 79.9. The number of nitrogens with zero attached hydrogens (tertiary/aromatic N) is 2. The van der Waals surface area contributed by atoms with E-state index in [9.17, 15) is 13.2 Å². The molecule has 3 aromatic carbocycles. The Labute approximate surface area is 213 Å². The molecule has 1 N–H and O–H groups in total. The summed E-state index contributed by atoms with van der Waals surface area (Å²) < 4.78 is 28.8. The number of carbonyl (C=O) groups is 1. The molecule has 0 radical (unpaired) electrons. The molecular weight excluding hydrogens is 526 g/mol. The minimum absolute atomic E-state index is 0.122. The molecule has 1 amide bonds. The SMILES string of the molecule is Cc1ccc(S(=O)(=O)N(CC(=O)Nc2ccc(Cc3ccncc3)cc2)c2cccc(Br)c2)cc1. The Morgan fingerprint density at radius 2 is 1.57 bits per heavy atom. The Morgan fingerprint density at radius 1 is 0.914 bits per heavy atom. The van der Waals surface area contributed by atoms with Gasteiger partial charge in [-0.1, -0.05) is 51.8 Å². The van der Waals surface area contributed by atoms with Gasteiger partial charge in [0.1, 0.15) is 6.54 Å². The predicted octanol–water partition coefficient (Wildman–Crippen LogP) is 5.58. The van der Waals surface area contributed by atoms with Gasteiger partial charge in [0.05, 0.1) is 10.6 Å². The Hall–Kier alpha value is -3.49. The maximum atomic E-state index is 13.5.